The van der Waals surface area contributed by atoms with Crippen LogP contribution >= 0.6 is 0 Å². The van der Waals surface area contributed by atoms with Crippen LogP contribution in [0.25, 0.3) is 5.57 Å². The maximum atomic E-state index is 5.81. The highest BCUT2D eigenvalue weighted by Gasteiger charge is 2.15. The van der Waals surface area contributed by atoms with Gasteiger partial charge in [0, 0.05) is 18.9 Å². The van der Waals surface area contributed by atoms with Crippen LogP contribution in [0.15, 0.2) is 36.7 Å². The van der Waals surface area contributed by atoms with Gasteiger partial charge in [0.25, 0.3) is 0 Å². The molecule has 0 saturated carbocycles. The second-order valence-corrected chi connectivity index (χ2v) is 4.87. The zero-order chi connectivity index (χ0) is 12.5. The molecule has 2 N–H and O–H groups in total. The normalized spacial score (nSPS) is 16.2. The van der Waals surface area contributed by atoms with E-state index in [0.29, 0.717) is 0 Å². The van der Waals surface area contributed by atoms with Crippen molar-refractivity contribution in [2.24, 2.45) is 7.05 Å². The van der Waals surface area contributed by atoms with Crippen molar-refractivity contribution in [1.29, 1.82) is 0 Å². The molecule has 92 valence electrons. The Labute approximate surface area is 107 Å². The van der Waals surface area contributed by atoms with Crippen LogP contribution in [0.2, 0.25) is 0 Å². The van der Waals surface area contributed by atoms with Gasteiger partial charge in [-0.25, -0.2) is 0 Å². The molecule has 1 aliphatic carbocycles. The lowest BCUT2D eigenvalue weighted by Crippen LogP contribution is -1.88. The summed E-state index contributed by atoms with van der Waals surface area (Å²) in [6.45, 7) is 0. The van der Waals surface area contributed by atoms with Gasteiger partial charge in [-0.15, -0.1) is 0 Å². The molecule has 3 rings (SSSR count). The van der Waals surface area contributed by atoms with Crippen LogP contribution in [0.1, 0.15) is 23.1 Å². The highest BCUT2D eigenvalue weighted by atomic mass is 15.2. The molecule has 3 nitrogen and oxygen atoms in total. The number of nitrogens with two attached hydrogens (primary N) is 1. The van der Waals surface area contributed by atoms with E-state index in [4.69, 9.17) is 5.73 Å². The first-order valence-corrected chi connectivity index (χ1v) is 6.28. The standard InChI is InChI=1S/C15H17N3/c1-18-10-11(9-17-18)2-3-12-4-5-13-8-14(16)6-7-15(12)13/h3,6-10H,2,4-5,16H2,1H3/b12-3-. The van der Waals surface area contributed by atoms with Crippen molar-refractivity contribution in [2.45, 2.75) is 19.3 Å². The molecule has 0 radical (unpaired) electrons. The maximum absolute atomic E-state index is 5.81. The Kier molecular flexibility index (Phi) is 2.67. The molecule has 1 heterocycles. The Morgan fingerprint density at radius 2 is 2.28 bits per heavy atom. The van der Waals surface area contributed by atoms with E-state index in [0.717, 1.165) is 24.9 Å². The molecule has 0 unspecified atom stereocenters. The van der Waals surface area contributed by atoms with Gasteiger partial charge in [0.15, 0.2) is 0 Å². The Morgan fingerprint density at radius 3 is 3.06 bits per heavy atom. The summed E-state index contributed by atoms with van der Waals surface area (Å²) in [5, 5.41) is 4.19. The van der Waals surface area contributed by atoms with Gasteiger partial charge in [0.05, 0.1) is 6.20 Å². The Balaban J connectivity index is 1.83. The van der Waals surface area contributed by atoms with Crippen molar-refractivity contribution < 1.29 is 0 Å². The molecule has 2 aromatic rings. The molecular formula is C15H17N3. The van der Waals surface area contributed by atoms with E-state index in [-0.39, 0.29) is 0 Å². The first kappa shape index (κ1) is 11.1. The van der Waals surface area contributed by atoms with E-state index in [2.05, 4.69) is 29.5 Å². The molecule has 1 aromatic heterocycles. The summed E-state index contributed by atoms with van der Waals surface area (Å²) in [6.07, 6.45) is 9.50. The van der Waals surface area contributed by atoms with E-state index < -0.39 is 0 Å². The zero-order valence-corrected chi connectivity index (χ0v) is 10.6. The smallest absolute Gasteiger partial charge is 0.0524 e. The first-order chi connectivity index (χ1) is 8.72. The number of rotatable bonds is 2. The summed E-state index contributed by atoms with van der Waals surface area (Å²) < 4.78 is 1.84. The van der Waals surface area contributed by atoms with Crippen molar-refractivity contribution in [3.05, 3.63) is 53.4 Å². The number of benzene rings is 1. The molecule has 0 spiro atoms. The number of allylic oxidation sites excluding steroid dienone is 2. The van der Waals surface area contributed by atoms with Gasteiger partial charge in [-0.05, 0) is 53.7 Å². The van der Waals surface area contributed by atoms with Crippen LogP contribution in [-0.2, 0) is 19.9 Å². The van der Waals surface area contributed by atoms with E-state index in [1.165, 1.54) is 22.3 Å². The number of nitrogen functional groups attached to an aromatic ring is 1. The van der Waals surface area contributed by atoms with Gasteiger partial charge < -0.3 is 5.73 Å². The second-order valence-electron chi connectivity index (χ2n) is 4.87. The number of anilines is 1. The van der Waals surface area contributed by atoms with Crippen LogP contribution in [0.5, 0.6) is 0 Å². The minimum atomic E-state index is 0.863. The lowest BCUT2D eigenvalue weighted by Gasteiger charge is -2.02. The number of aromatic nitrogens is 2. The van der Waals surface area contributed by atoms with Crippen LogP contribution in [0.4, 0.5) is 5.69 Å². The number of nitrogens with zero attached hydrogens (tertiary/aromatic N) is 2. The predicted octanol–water partition coefficient (Wildman–Crippen LogP) is 2.57. The zero-order valence-electron chi connectivity index (χ0n) is 10.6. The van der Waals surface area contributed by atoms with Crippen LogP contribution in [-0.4, -0.2) is 9.78 Å². The fraction of sp³-hybridized carbons (Fsp3) is 0.267. The molecule has 18 heavy (non-hydrogen) atoms. The van der Waals surface area contributed by atoms with Gasteiger partial charge >= 0.3 is 0 Å². The Bertz CT molecular complexity index is 608. The number of fused-ring (bicyclic) bond motifs is 1. The fourth-order valence-electron chi connectivity index (χ4n) is 2.57. The highest BCUT2D eigenvalue weighted by molar-refractivity contribution is 5.74. The quantitative estimate of drug-likeness (QED) is 0.819. The monoisotopic (exact) mass is 239 g/mol. The lowest BCUT2D eigenvalue weighted by molar-refractivity contribution is 0.767. The average molecular weight is 239 g/mol. The Hall–Kier alpha value is -2.03. The summed E-state index contributed by atoms with van der Waals surface area (Å²) in [6, 6.07) is 6.23. The predicted molar refractivity (Wildman–Crippen MR) is 74.1 cm³/mol. The molecule has 0 amide bonds. The van der Waals surface area contributed by atoms with Crippen molar-refractivity contribution in [1.82, 2.24) is 9.78 Å². The molecule has 0 aliphatic heterocycles. The molecule has 0 fully saturated rings. The number of hydrogen-bond donors (Lipinski definition) is 1. The molecule has 1 aromatic carbocycles. The van der Waals surface area contributed by atoms with E-state index in [1.807, 2.05) is 24.0 Å². The average Bonchev–Trinajstić information content (AvgIpc) is 2.92. The summed E-state index contributed by atoms with van der Waals surface area (Å²) >= 11 is 0. The third-order valence-electron chi connectivity index (χ3n) is 3.48. The van der Waals surface area contributed by atoms with E-state index in [9.17, 15) is 0 Å². The minimum Gasteiger partial charge on any atom is -0.399 e. The fourth-order valence-corrected chi connectivity index (χ4v) is 2.57. The number of aryl methyl sites for hydroxylation is 2. The third kappa shape index (κ3) is 2.04. The molecule has 1 aliphatic rings. The summed E-state index contributed by atoms with van der Waals surface area (Å²) in [5.41, 5.74) is 12.1. The van der Waals surface area contributed by atoms with Gasteiger partial charge in [-0.2, -0.15) is 5.10 Å². The van der Waals surface area contributed by atoms with Crippen molar-refractivity contribution in [3.63, 3.8) is 0 Å². The topological polar surface area (TPSA) is 43.8 Å². The maximum Gasteiger partial charge on any atom is 0.0524 e. The molecule has 0 saturated heterocycles. The lowest BCUT2D eigenvalue weighted by atomic mass is 10.0. The molecule has 3 heteroatoms. The van der Waals surface area contributed by atoms with Gasteiger partial charge in [0.2, 0.25) is 0 Å². The SMILES string of the molecule is Cn1cc(C/C=C2/CCc3cc(N)ccc32)cn1. The summed E-state index contributed by atoms with van der Waals surface area (Å²) in [4.78, 5) is 0. The van der Waals surface area contributed by atoms with Crippen molar-refractivity contribution in [2.75, 3.05) is 5.73 Å². The summed E-state index contributed by atoms with van der Waals surface area (Å²) in [5.74, 6) is 0. The second kappa shape index (κ2) is 4.33. The van der Waals surface area contributed by atoms with Crippen LogP contribution in [0.3, 0.4) is 0 Å². The first-order valence-electron chi connectivity index (χ1n) is 6.28. The van der Waals surface area contributed by atoms with Crippen LogP contribution in [0, 0.1) is 0 Å². The van der Waals surface area contributed by atoms with Crippen molar-refractivity contribution >= 4 is 11.3 Å². The molecule has 0 atom stereocenters. The minimum absolute atomic E-state index is 0.863. The molecule has 0 bridgehead atoms. The van der Waals surface area contributed by atoms with E-state index in [1.54, 1.807) is 0 Å². The third-order valence-corrected chi connectivity index (χ3v) is 3.48. The van der Waals surface area contributed by atoms with E-state index >= 15 is 0 Å². The van der Waals surface area contributed by atoms with Gasteiger partial charge in [-0.1, -0.05) is 12.1 Å². The summed E-state index contributed by atoms with van der Waals surface area (Å²) in [7, 11) is 1.95. The van der Waals surface area contributed by atoms with Crippen molar-refractivity contribution in [3.8, 4) is 0 Å². The number of hydrogen-bond acceptors (Lipinski definition) is 2. The highest BCUT2D eigenvalue weighted by Crippen LogP contribution is 2.33. The largest absolute Gasteiger partial charge is 0.399 e. The van der Waals surface area contributed by atoms with Crippen LogP contribution < -0.4 is 5.73 Å². The molecular weight excluding hydrogens is 222 g/mol. The Morgan fingerprint density at radius 1 is 1.39 bits per heavy atom. The van der Waals surface area contributed by atoms with Gasteiger partial charge in [0.1, 0.15) is 0 Å². The van der Waals surface area contributed by atoms with Gasteiger partial charge in [-0.3, -0.25) is 4.68 Å².